The van der Waals surface area contributed by atoms with Crippen molar-refractivity contribution in [3.05, 3.63) is 106 Å². The number of aliphatic imine (C=N–C) groups is 1. The molecule has 0 unspecified atom stereocenters. The van der Waals surface area contributed by atoms with Crippen molar-refractivity contribution in [2.75, 3.05) is 13.7 Å². The van der Waals surface area contributed by atoms with E-state index in [1.54, 1.807) is 7.11 Å². The normalized spacial score (nSPS) is 14.3. The quantitative estimate of drug-likeness (QED) is 0.291. The van der Waals surface area contributed by atoms with E-state index in [4.69, 9.17) is 21.3 Å². The maximum atomic E-state index is 13.2. The second-order valence-corrected chi connectivity index (χ2v) is 9.96. The third-order valence-electron chi connectivity index (χ3n) is 6.98. The highest BCUT2D eigenvalue weighted by molar-refractivity contribution is 6.30. The molecule has 0 radical (unpaired) electrons. The molecule has 0 spiro atoms. The highest BCUT2D eigenvalue weighted by Gasteiger charge is 2.30. The van der Waals surface area contributed by atoms with Gasteiger partial charge in [0.2, 0.25) is 5.91 Å². The van der Waals surface area contributed by atoms with E-state index in [2.05, 4.69) is 38.7 Å². The highest BCUT2D eigenvalue weighted by atomic mass is 35.5. The molecule has 196 valence electrons. The van der Waals surface area contributed by atoms with Crippen LogP contribution in [0, 0.1) is 6.92 Å². The molecular weight excluding hydrogens is 512 g/mol. The van der Waals surface area contributed by atoms with Gasteiger partial charge in [0.1, 0.15) is 17.6 Å². The molecule has 3 aromatic carbocycles. The van der Waals surface area contributed by atoms with E-state index < -0.39 is 6.04 Å². The number of ether oxygens (including phenoxy) is 1. The second-order valence-electron chi connectivity index (χ2n) is 9.53. The number of nitrogens with zero attached hydrogens (tertiary/aromatic N) is 4. The first kappa shape index (κ1) is 24.9. The lowest BCUT2D eigenvalue weighted by molar-refractivity contribution is -0.121. The van der Waals surface area contributed by atoms with E-state index in [0.717, 1.165) is 40.0 Å². The van der Waals surface area contributed by atoms with Crippen LogP contribution in [0.15, 0.2) is 77.9 Å². The third-order valence-corrected chi connectivity index (χ3v) is 7.24. The van der Waals surface area contributed by atoms with E-state index in [1.807, 2.05) is 66.2 Å². The molecule has 0 aliphatic carbocycles. The number of H-pyrrole nitrogens is 1. The molecule has 1 aliphatic heterocycles. The summed E-state index contributed by atoms with van der Waals surface area (Å²) in [6.07, 6.45) is 2.79. The Hall–Kier alpha value is -4.43. The standard InChI is InChI=1S/C30H27ClN6O2/c1-18-35-36-30-26(17-28(38)33-13-11-19-3-4-20-12-14-32-25(20)15-19)34-29(21-5-7-22(31)8-6-21)24-16-23(39-2)9-10-27(24)37(18)30/h3-10,12,14-16,26,32H,11,13,17H2,1-2H3,(H,33,38)/t26-/m0/s1. The fraction of sp³-hybridized carbons (Fsp3) is 0.200. The van der Waals surface area contributed by atoms with Gasteiger partial charge in [-0.05, 0) is 66.8 Å². The van der Waals surface area contributed by atoms with Crippen molar-refractivity contribution < 1.29 is 9.53 Å². The SMILES string of the molecule is COc1ccc2c(c1)C(c1ccc(Cl)cc1)=N[C@@H](CC(=O)NCCc1ccc3cc[nH]c3c1)c1nnc(C)n1-2. The summed E-state index contributed by atoms with van der Waals surface area (Å²) in [6, 6.07) is 21.2. The van der Waals surface area contributed by atoms with Gasteiger partial charge in [-0.15, -0.1) is 10.2 Å². The first-order chi connectivity index (χ1) is 19.0. The van der Waals surface area contributed by atoms with Crippen molar-refractivity contribution in [2.24, 2.45) is 4.99 Å². The number of nitrogens with one attached hydrogen (secondary N) is 2. The number of fused-ring (bicyclic) bond motifs is 4. The summed E-state index contributed by atoms with van der Waals surface area (Å²) in [6.45, 7) is 2.42. The fourth-order valence-corrected chi connectivity index (χ4v) is 5.15. The van der Waals surface area contributed by atoms with Crippen molar-refractivity contribution in [2.45, 2.75) is 25.8 Å². The van der Waals surface area contributed by atoms with Crippen LogP contribution in [0.5, 0.6) is 5.75 Å². The van der Waals surface area contributed by atoms with Crippen LogP contribution in [0.2, 0.25) is 5.02 Å². The predicted molar refractivity (Wildman–Crippen MR) is 152 cm³/mol. The minimum Gasteiger partial charge on any atom is -0.497 e. The molecule has 1 aliphatic rings. The molecule has 2 aromatic heterocycles. The van der Waals surface area contributed by atoms with E-state index in [1.165, 1.54) is 5.39 Å². The lowest BCUT2D eigenvalue weighted by atomic mass is 10.00. The second kappa shape index (κ2) is 10.4. The van der Waals surface area contributed by atoms with Gasteiger partial charge in [-0.3, -0.25) is 14.4 Å². The van der Waals surface area contributed by atoms with Crippen molar-refractivity contribution in [3.63, 3.8) is 0 Å². The molecule has 39 heavy (non-hydrogen) atoms. The summed E-state index contributed by atoms with van der Waals surface area (Å²) in [4.78, 5) is 21.5. The van der Waals surface area contributed by atoms with Crippen molar-refractivity contribution in [1.82, 2.24) is 25.1 Å². The van der Waals surface area contributed by atoms with Gasteiger partial charge in [0, 0.05) is 34.4 Å². The Morgan fingerprint density at radius 3 is 2.74 bits per heavy atom. The lowest BCUT2D eigenvalue weighted by Gasteiger charge is -2.14. The van der Waals surface area contributed by atoms with Crippen molar-refractivity contribution in [3.8, 4) is 11.4 Å². The zero-order chi connectivity index (χ0) is 26.9. The number of aryl methyl sites for hydroxylation is 1. The van der Waals surface area contributed by atoms with Gasteiger partial charge in [0.15, 0.2) is 5.82 Å². The maximum absolute atomic E-state index is 13.2. The van der Waals surface area contributed by atoms with E-state index in [-0.39, 0.29) is 12.3 Å². The molecule has 0 saturated carbocycles. The summed E-state index contributed by atoms with van der Waals surface area (Å²) in [5.41, 5.74) is 5.61. The molecular formula is C30H27ClN6O2. The number of aromatic amines is 1. The molecule has 9 heteroatoms. The van der Waals surface area contributed by atoms with E-state index in [9.17, 15) is 4.79 Å². The monoisotopic (exact) mass is 538 g/mol. The molecule has 0 fully saturated rings. The number of aromatic nitrogens is 4. The average molecular weight is 539 g/mol. The van der Waals surface area contributed by atoms with Gasteiger partial charge in [-0.1, -0.05) is 35.9 Å². The Kier molecular flexibility index (Phi) is 6.62. The van der Waals surface area contributed by atoms with Crippen LogP contribution in [0.4, 0.5) is 0 Å². The highest BCUT2D eigenvalue weighted by Crippen LogP contribution is 2.34. The van der Waals surface area contributed by atoms with Crippen LogP contribution in [-0.4, -0.2) is 45.0 Å². The van der Waals surface area contributed by atoms with Gasteiger partial charge < -0.3 is 15.0 Å². The Morgan fingerprint density at radius 2 is 1.92 bits per heavy atom. The summed E-state index contributed by atoms with van der Waals surface area (Å²) in [7, 11) is 1.64. The molecule has 3 heterocycles. The molecule has 6 rings (SSSR count). The average Bonchev–Trinajstić information content (AvgIpc) is 3.54. The number of carbonyl (C=O) groups is 1. The molecule has 0 saturated heterocycles. The Labute approximate surface area is 230 Å². The molecule has 2 N–H and O–H groups in total. The number of rotatable bonds is 7. The minimum atomic E-state index is -0.537. The topological polar surface area (TPSA) is 97.2 Å². The number of hydrogen-bond acceptors (Lipinski definition) is 5. The van der Waals surface area contributed by atoms with E-state index >= 15 is 0 Å². The summed E-state index contributed by atoms with van der Waals surface area (Å²) >= 11 is 6.18. The molecule has 1 amide bonds. The van der Waals surface area contributed by atoms with Crippen LogP contribution < -0.4 is 10.1 Å². The number of carbonyl (C=O) groups excluding carboxylic acids is 1. The van der Waals surface area contributed by atoms with Crippen LogP contribution in [0.25, 0.3) is 16.6 Å². The van der Waals surface area contributed by atoms with Crippen LogP contribution >= 0.6 is 11.6 Å². The predicted octanol–water partition coefficient (Wildman–Crippen LogP) is 5.36. The fourth-order valence-electron chi connectivity index (χ4n) is 5.02. The number of amides is 1. The maximum Gasteiger partial charge on any atom is 0.222 e. The summed E-state index contributed by atoms with van der Waals surface area (Å²) in [5.74, 6) is 1.94. The van der Waals surface area contributed by atoms with Gasteiger partial charge in [-0.2, -0.15) is 0 Å². The minimum absolute atomic E-state index is 0.101. The molecule has 5 aromatic rings. The van der Waals surface area contributed by atoms with Gasteiger partial charge >= 0.3 is 0 Å². The van der Waals surface area contributed by atoms with E-state index in [0.29, 0.717) is 29.0 Å². The largest absolute Gasteiger partial charge is 0.497 e. The van der Waals surface area contributed by atoms with Gasteiger partial charge in [0.05, 0.1) is 24.9 Å². The van der Waals surface area contributed by atoms with Crippen LogP contribution in [0.1, 0.15) is 40.8 Å². The summed E-state index contributed by atoms with van der Waals surface area (Å²) in [5, 5.41) is 13.7. The zero-order valence-corrected chi connectivity index (χ0v) is 22.4. The van der Waals surface area contributed by atoms with Crippen LogP contribution in [-0.2, 0) is 11.2 Å². The van der Waals surface area contributed by atoms with Crippen LogP contribution in [0.3, 0.4) is 0 Å². The first-order valence-electron chi connectivity index (χ1n) is 12.8. The smallest absolute Gasteiger partial charge is 0.222 e. The van der Waals surface area contributed by atoms with Gasteiger partial charge in [-0.25, -0.2) is 0 Å². The third kappa shape index (κ3) is 4.91. The number of halogens is 1. The van der Waals surface area contributed by atoms with Gasteiger partial charge in [0.25, 0.3) is 0 Å². The Balaban J connectivity index is 1.30. The Morgan fingerprint density at radius 1 is 1.08 bits per heavy atom. The first-order valence-corrected chi connectivity index (χ1v) is 13.1. The molecule has 0 bridgehead atoms. The van der Waals surface area contributed by atoms with Crippen molar-refractivity contribution >= 4 is 34.1 Å². The lowest BCUT2D eigenvalue weighted by Crippen LogP contribution is -2.27. The number of methoxy groups -OCH3 is 1. The zero-order valence-electron chi connectivity index (χ0n) is 21.6. The summed E-state index contributed by atoms with van der Waals surface area (Å²) < 4.78 is 7.51. The number of benzene rings is 3. The molecule has 1 atom stereocenters. The van der Waals surface area contributed by atoms with Crippen molar-refractivity contribution in [1.29, 1.82) is 0 Å². The molecule has 8 nitrogen and oxygen atoms in total. The number of hydrogen-bond donors (Lipinski definition) is 2. The Bertz CT molecular complexity index is 1700.